The van der Waals surface area contributed by atoms with Gasteiger partial charge in [-0.2, -0.15) is 0 Å². The van der Waals surface area contributed by atoms with Gasteiger partial charge < -0.3 is 19.2 Å². The number of hydrogen-bond donors (Lipinski definition) is 1. The number of hydrogen-bond acceptors (Lipinski definition) is 5. The summed E-state index contributed by atoms with van der Waals surface area (Å²) in [7, 11) is 0. The predicted octanol–water partition coefficient (Wildman–Crippen LogP) is 2.92. The van der Waals surface area contributed by atoms with Crippen LogP contribution in [0, 0.1) is 0 Å². The van der Waals surface area contributed by atoms with Gasteiger partial charge in [0, 0.05) is 23.3 Å². The molecule has 3 heterocycles. The molecule has 25 heavy (non-hydrogen) atoms. The second-order valence-corrected chi connectivity index (χ2v) is 5.58. The molecule has 126 valence electrons. The lowest BCUT2D eigenvalue weighted by Crippen LogP contribution is -2.32. The van der Waals surface area contributed by atoms with Gasteiger partial charge in [-0.05, 0) is 18.2 Å². The van der Waals surface area contributed by atoms with Crippen LogP contribution in [0.4, 0.5) is 0 Å². The lowest BCUT2D eigenvalue weighted by molar-refractivity contribution is -0.122. The van der Waals surface area contributed by atoms with Gasteiger partial charge in [-0.25, -0.2) is 0 Å². The van der Waals surface area contributed by atoms with Gasteiger partial charge in [0.25, 0.3) is 5.91 Å². The Balaban J connectivity index is 1.69. The largest absolute Gasteiger partial charge is 0.494 e. The molecule has 0 saturated heterocycles. The standard InChI is InChI=1S/C19H16N2O4/c22-19(17-12-23-8-9-24-17)21-18(14-5-3-7-20-11-14)16-10-13-4-1-2-6-15(13)25-16/h1-7,10-12,18H,8-9H2,(H,21,22). The summed E-state index contributed by atoms with van der Waals surface area (Å²) >= 11 is 0. The molecule has 0 saturated carbocycles. The second kappa shape index (κ2) is 6.68. The summed E-state index contributed by atoms with van der Waals surface area (Å²) in [6.07, 6.45) is 4.71. The normalized spacial score (nSPS) is 15.0. The third-order valence-corrected chi connectivity index (χ3v) is 3.90. The Kier molecular flexibility index (Phi) is 4.08. The number of carbonyl (C=O) groups is 1. The van der Waals surface area contributed by atoms with Crippen molar-refractivity contribution < 1.29 is 18.7 Å². The molecule has 1 N–H and O–H groups in total. The van der Waals surface area contributed by atoms with Crippen LogP contribution in [0.5, 0.6) is 0 Å². The number of para-hydroxylation sites is 1. The fraction of sp³-hybridized carbons (Fsp3) is 0.158. The van der Waals surface area contributed by atoms with Crippen LogP contribution in [0.1, 0.15) is 17.4 Å². The lowest BCUT2D eigenvalue weighted by Gasteiger charge is -2.19. The minimum Gasteiger partial charge on any atom is -0.494 e. The maximum Gasteiger partial charge on any atom is 0.290 e. The smallest absolute Gasteiger partial charge is 0.290 e. The van der Waals surface area contributed by atoms with E-state index in [9.17, 15) is 4.79 Å². The van der Waals surface area contributed by atoms with Crippen molar-refractivity contribution in [3.05, 3.63) is 78.2 Å². The van der Waals surface area contributed by atoms with Crippen molar-refractivity contribution in [1.29, 1.82) is 0 Å². The molecule has 3 aromatic rings. The fourth-order valence-corrected chi connectivity index (χ4v) is 2.70. The number of benzene rings is 1. The van der Waals surface area contributed by atoms with E-state index >= 15 is 0 Å². The molecule has 1 aliphatic heterocycles. The molecule has 1 unspecified atom stereocenters. The predicted molar refractivity (Wildman–Crippen MR) is 90.4 cm³/mol. The highest BCUT2D eigenvalue weighted by Gasteiger charge is 2.24. The SMILES string of the molecule is O=C(NC(c1cccnc1)c1cc2ccccc2o1)C1=COCCO1. The summed E-state index contributed by atoms with van der Waals surface area (Å²) in [6, 6.07) is 12.8. The van der Waals surface area contributed by atoms with E-state index in [1.54, 1.807) is 12.4 Å². The van der Waals surface area contributed by atoms with E-state index < -0.39 is 6.04 Å². The van der Waals surface area contributed by atoms with Gasteiger partial charge in [0.15, 0.2) is 0 Å². The molecule has 6 heteroatoms. The summed E-state index contributed by atoms with van der Waals surface area (Å²) in [4.78, 5) is 16.7. The molecule has 1 atom stereocenters. The molecule has 4 rings (SSSR count). The highest BCUT2D eigenvalue weighted by molar-refractivity contribution is 5.92. The van der Waals surface area contributed by atoms with Gasteiger partial charge in [-0.1, -0.05) is 24.3 Å². The number of fused-ring (bicyclic) bond motifs is 1. The first-order chi connectivity index (χ1) is 12.3. The summed E-state index contributed by atoms with van der Waals surface area (Å²) in [5, 5.41) is 3.90. The Labute approximate surface area is 144 Å². The Bertz CT molecular complexity index is 884. The topological polar surface area (TPSA) is 73.6 Å². The average molecular weight is 336 g/mol. The van der Waals surface area contributed by atoms with Gasteiger partial charge in [-0.3, -0.25) is 9.78 Å². The minimum atomic E-state index is -0.486. The third kappa shape index (κ3) is 3.19. The van der Waals surface area contributed by atoms with E-state index in [-0.39, 0.29) is 11.7 Å². The van der Waals surface area contributed by atoms with Crippen LogP contribution < -0.4 is 5.32 Å². The monoisotopic (exact) mass is 336 g/mol. The first-order valence-electron chi connectivity index (χ1n) is 7.95. The van der Waals surface area contributed by atoms with E-state index in [0.29, 0.717) is 19.0 Å². The first kappa shape index (κ1) is 15.3. The number of amides is 1. The zero-order valence-corrected chi connectivity index (χ0v) is 13.3. The van der Waals surface area contributed by atoms with Crippen molar-refractivity contribution in [1.82, 2.24) is 10.3 Å². The van der Waals surface area contributed by atoms with E-state index in [2.05, 4.69) is 10.3 Å². The molecule has 1 aromatic carbocycles. The maximum absolute atomic E-state index is 12.5. The van der Waals surface area contributed by atoms with Crippen LogP contribution in [0.3, 0.4) is 0 Å². The van der Waals surface area contributed by atoms with Crippen LogP contribution in [-0.2, 0) is 14.3 Å². The molecule has 0 fully saturated rings. The van der Waals surface area contributed by atoms with E-state index in [0.717, 1.165) is 16.5 Å². The molecule has 2 aromatic heterocycles. The Morgan fingerprint density at radius 3 is 2.84 bits per heavy atom. The molecular weight excluding hydrogens is 320 g/mol. The van der Waals surface area contributed by atoms with E-state index in [1.165, 1.54) is 6.26 Å². The Morgan fingerprint density at radius 2 is 2.08 bits per heavy atom. The second-order valence-electron chi connectivity index (χ2n) is 5.58. The van der Waals surface area contributed by atoms with Gasteiger partial charge >= 0.3 is 0 Å². The van der Waals surface area contributed by atoms with E-state index in [1.807, 2.05) is 42.5 Å². The fourth-order valence-electron chi connectivity index (χ4n) is 2.70. The molecular formula is C19H16N2O4. The molecule has 0 aliphatic carbocycles. The van der Waals surface area contributed by atoms with Crippen LogP contribution in [0.2, 0.25) is 0 Å². The van der Waals surface area contributed by atoms with Gasteiger partial charge in [0.2, 0.25) is 5.76 Å². The number of pyridine rings is 1. The number of furan rings is 1. The lowest BCUT2D eigenvalue weighted by atomic mass is 10.1. The zero-order chi connectivity index (χ0) is 17.1. The third-order valence-electron chi connectivity index (χ3n) is 3.90. The first-order valence-corrected chi connectivity index (χ1v) is 7.95. The molecule has 0 radical (unpaired) electrons. The summed E-state index contributed by atoms with van der Waals surface area (Å²) in [5.41, 5.74) is 1.57. The van der Waals surface area contributed by atoms with Crippen LogP contribution in [0.25, 0.3) is 11.0 Å². The number of nitrogens with one attached hydrogen (secondary N) is 1. The molecule has 0 bridgehead atoms. The number of aromatic nitrogens is 1. The summed E-state index contributed by atoms with van der Waals surface area (Å²) < 4.78 is 16.4. The van der Waals surface area contributed by atoms with Crippen molar-refractivity contribution >= 4 is 16.9 Å². The Hall–Kier alpha value is -3.28. The molecule has 1 aliphatic rings. The van der Waals surface area contributed by atoms with Crippen molar-refractivity contribution in [3.8, 4) is 0 Å². The molecule has 6 nitrogen and oxygen atoms in total. The van der Waals surface area contributed by atoms with Gasteiger partial charge in [-0.15, -0.1) is 0 Å². The van der Waals surface area contributed by atoms with Crippen molar-refractivity contribution in [3.63, 3.8) is 0 Å². The molecule has 0 spiro atoms. The average Bonchev–Trinajstić information content (AvgIpc) is 3.11. The van der Waals surface area contributed by atoms with Crippen LogP contribution >= 0.6 is 0 Å². The van der Waals surface area contributed by atoms with Crippen LogP contribution in [-0.4, -0.2) is 24.1 Å². The van der Waals surface area contributed by atoms with Crippen molar-refractivity contribution in [2.45, 2.75) is 6.04 Å². The van der Waals surface area contributed by atoms with Crippen molar-refractivity contribution in [2.24, 2.45) is 0 Å². The van der Waals surface area contributed by atoms with Crippen LogP contribution in [0.15, 0.2) is 71.3 Å². The highest BCUT2D eigenvalue weighted by atomic mass is 16.6. The summed E-state index contributed by atoms with van der Waals surface area (Å²) in [5.74, 6) is 0.408. The number of ether oxygens (including phenoxy) is 2. The highest BCUT2D eigenvalue weighted by Crippen LogP contribution is 2.28. The van der Waals surface area contributed by atoms with Gasteiger partial charge in [0.05, 0.1) is 0 Å². The summed E-state index contributed by atoms with van der Waals surface area (Å²) in [6.45, 7) is 0.786. The number of carbonyl (C=O) groups excluding carboxylic acids is 1. The number of rotatable bonds is 4. The maximum atomic E-state index is 12.5. The molecule has 1 amide bonds. The quantitative estimate of drug-likeness (QED) is 0.793. The van der Waals surface area contributed by atoms with Gasteiger partial charge in [0.1, 0.15) is 36.9 Å². The minimum absolute atomic E-state index is 0.149. The number of nitrogens with zero attached hydrogens (tertiary/aromatic N) is 1. The van der Waals surface area contributed by atoms with E-state index in [4.69, 9.17) is 13.9 Å². The van der Waals surface area contributed by atoms with Crippen molar-refractivity contribution in [2.75, 3.05) is 13.2 Å². The Morgan fingerprint density at radius 1 is 1.16 bits per heavy atom. The zero-order valence-electron chi connectivity index (χ0n) is 13.3.